The van der Waals surface area contributed by atoms with Crippen LogP contribution in [0.1, 0.15) is 5.69 Å². The largest absolute Gasteiger partial charge is 0.496 e. The lowest BCUT2D eigenvalue weighted by atomic mass is 10.1. The van der Waals surface area contributed by atoms with Gasteiger partial charge in [0.05, 0.1) is 18.5 Å². The van der Waals surface area contributed by atoms with Crippen LogP contribution in [0.5, 0.6) is 5.75 Å². The third kappa shape index (κ3) is 2.14. The molecular weight excluding hydrogens is 221 g/mol. The fourth-order valence-corrected chi connectivity index (χ4v) is 1.76. The zero-order chi connectivity index (χ0) is 12.4. The lowest BCUT2D eigenvalue weighted by Gasteiger charge is -2.08. The number of rotatable bonds is 3. The van der Waals surface area contributed by atoms with Gasteiger partial charge < -0.3 is 10.5 Å². The van der Waals surface area contributed by atoms with Crippen molar-refractivity contribution in [3.05, 3.63) is 35.8 Å². The first-order chi connectivity index (χ1) is 8.15. The maximum Gasteiger partial charge on any atom is 0.128 e. The summed E-state index contributed by atoms with van der Waals surface area (Å²) < 4.78 is 20.2. The average molecular weight is 235 g/mol. The average Bonchev–Trinajstić information content (AvgIpc) is 2.70. The smallest absolute Gasteiger partial charge is 0.128 e. The number of ether oxygens (including phenoxy) is 1. The molecular formula is C12H14FN3O. The van der Waals surface area contributed by atoms with Crippen molar-refractivity contribution in [1.82, 2.24) is 9.78 Å². The molecule has 0 unspecified atom stereocenters. The van der Waals surface area contributed by atoms with Gasteiger partial charge in [0, 0.05) is 19.2 Å². The topological polar surface area (TPSA) is 53.1 Å². The van der Waals surface area contributed by atoms with Gasteiger partial charge >= 0.3 is 0 Å². The van der Waals surface area contributed by atoms with Gasteiger partial charge in [0.2, 0.25) is 0 Å². The standard InChI is InChI=1S/C12H14FN3O/c1-16-11(6-9(7-14)15-16)10-5-8(13)3-4-12(10)17-2/h3-6H,7,14H2,1-2H3. The maximum atomic E-state index is 13.3. The molecule has 17 heavy (non-hydrogen) atoms. The molecule has 4 nitrogen and oxygen atoms in total. The Balaban J connectivity index is 2.58. The second-order valence-corrected chi connectivity index (χ2v) is 3.69. The SMILES string of the molecule is COc1ccc(F)cc1-c1cc(CN)nn1C. The van der Waals surface area contributed by atoms with Gasteiger partial charge in [-0.2, -0.15) is 5.10 Å². The Morgan fingerprint density at radius 2 is 2.18 bits per heavy atom. The van der Waals surface area contributed by atoms with Gasteiger partial charge in [0.25, 0.3) is 0 Å². The molecule has 2 aromatic rings. The van der Waals surface area contributed by atoms with Crippen molar-refractivity contribution in [2.75, 3.05) is 7.11 Å². The van der Waals surface area contributed by atoms with E-state index in [2.05, 4.69) is 5.10 Å². The highest BCUT2D eigenvalue weighted by molar-refractivity contribution is 5.67. The van der Waals surface area contributed by atoms with Crippen LogP contribution in [-0.4, -0.2) is 16.9 Å². The van der Waals surface area contributed by atoms with E-state index in [0.717, 1.165) is 11.4 Å². The number of hydrogen-bond donors (Lipinski definition) is 1. The van der Waals surface area contributed by atoms with Gasteiger partial charge in [0.15, 0.2) is 0 Å². The summed E-state index contributed by atoms with van der Waals surface area (Å²) in [5, 5.41) is 4.22. The van der Waals surface area contributed by atoms with Gasteiger partial charge in [-0.3, -0.25) is 4.68 Å². The number of nitrogens with zero attached hydrogens (tertiary/aromatic N) is 2. The molecule has 0 spiro atoms. The molecule has 5 heteroatoms. The number of aryl methyl sites for hydroxylation is 1. The minimum atomic E-state index is -0.309. The molecule has 0 aliphatic carbocycles. The van der Waals surface area contributed by atoms with Crippen molar-refractivity contribution in [1.29, 1.82) is 0 Å². The summed E-state index contributed by atoms with van der Waals surface area (Å²) in [6, 6.07) is 6.22. The van der Waals surface area contributed by atoms with Crippen LogP contribution < -0.4 is 10.5 Å². The Bertz CT molecular complexity index is 537. The molecule has 0 saturated carbocycles. The van der Waals surface area contributed by atoms with Crippen molar-refractivity contribution in [2.24, 2.45) is 12.8 Å². The first kappa shape index (κ1) is 11.6. The summed E-state index contributed by atoms with van der Waals surface area (Å²) in [4.78, 5) is 0. The van der Waals surface area contributed by atoms with Crippen LogP contribution >= 0.6 is 0 Å². The quantitative estimate of drug-likeness (QED) is 0.880. The monoisotopic (exact) mass is 235 g/mol. The van der Waals surface area contributed by atoms with E-state index >= 15 is 0 Å². The summed E-state index contributed by atoms with van der Waals surface area (Å²) in [7, 11) is 3.34. The molecule has 2 N–H and O–H groups in total. The van der Waals surface area contributed by atoms with E-state index < -0.39 is 0 Å². The van der Waals surface area contributed by atoms with Crippen LogP contribution in [-0.2, 0) is 13.6 Å². The molecule has 0 saturated heterocycles. The molecule has 0 aliphatic rings. The van der Waals surface area contributed by atoms with Gasteiger partial charge in [-0.25, -0.2) is 4.39 Å². The molecule has 1 aromatic carbocycles. The van der Waals surface area contributed by atoms with Crippen LogP contribution in [0.4, 0.5) is 4.39 Å². The summed E-state index contributed by atoms with van der Waals surface area (Å²) in [5.74, 6) is 0.300. The fourth-order valence-electron chi connectivity index (χ4n) is 1.76. The zero-order valence-corrected chi connectivity index (χ0v) is 9.77. The van der Waals surface area contributed by atoms with Crippen molar-refractivity contribution in [2.45, 2.75) is 6.54 Å². The summed E-state index contributed by atoms with van der Waals surface area (Å²) in [5.41, 5.74) is 7.74. The second kappa shape index (κ2) is 4.55. The van der Waals surface area contributed by atoms with Crippen molar-refractivity contribution in [3.8, 4) is 17.0 Å². The molecule has 0 amide bonds. The zero-order valence-electron chi connectivity index (χ0n) is 9.77. The van der Waals surface area contributed by atoms with Gasteiger partial charge in [0.1, 0.15) is 11.6 Å². The van der Waals surface area contributed by atoms with Crippen molar-refractivity contribution >= 4 is 0 Å². The molecule has 1 heterocycles. The predicted octanol–water partition coefficient (Wildman–Crippen LogP) is 1.69. The van der Waals surface area contributed by atoms with Crippen LogP contribution in [0.15, 0.2) is 24.3 Å². The Morgan fingerprint density at radius 3 is 2.76 bits per heavy atom. The summed E-state index contributed by atoms with van der Waals surface area (Å²) >= 11 is 0. The second-order valence-electron chi connectivity index (χ2n) is 3.69. The molecule has 0 fully saturated rings. The van der Waals surface area contributed by atoms with E-state index in [1.54, 1.807) is 24.9 Å². The molecule has 0 atom stereocenters. The van der Waals surface area contributed by atoms with E-state index in [0.29, 0.717) is 17.9 Å². The van der Waals surface area contributed by atoms with Gasteiger partial charge in [-0.1, -0.05) is 0 Å². The van der Waals surface area contributed by atoms with Gasteiger partial charge in [-0.05, 0) is 24.3 Å². The van der Waals surface area contributed by atoms with E-state index in [9.17, 15) is 4.39 Å². The van der Waals surface area contributed by atoms with Crippen molar-refractivity contribution < 1.29 is 9.13 Å². The van der Waals surface area contributed by atoms with Crippen LogP contribution in [0.25, 0.3) is 11.3 Å². The Hall–Kier alpha value is -1.88. The number of methoxy groups -OCH3 is 1. The molecule has 0 aliphatic heterocycles. The minimum Gasteiger partial charge on any atom is -0.496 e. The van der Waals surface area contributed by atoms with Gasteiger partial charge in [-0.15, -0.1) is 0 Å². The Labute approximate surface area is 98.8 Å². The Kier molecular flexibility index (Phi) is 3.10. The molecule has 90 valence electrons. The van der Waals surface area contributed by atoms with E-state index in [1.165, 1.54) is 12.1 Å². The van der Waals surface area contributed by atoms with E-state index in [1.807, 2.05) is 6.07 Å². The van der Waals surface area contributed by atoms with E-state index in [-0.39, 0.29) is 5.82 Å². The third-order valence-electron chi connectivity index (χ3n) is 2.58. The number of benzene rings is 1. The number of nitrogens with two attached hydrogens (primary N) is 1. The lowest BCUT2D eigenvalue weighted by Crippen LogP contribution is -1.99. The molecule has 0 bridgehead atoms. The Morgan fingerprint density at radius 1 is 1.41 bits per heavy atom. The van der Waals surface area contributed by atoms with Crippen LogP contribution in [0.3, 0.4) is 0 Å². The fraction of sp³-hybridized carbons (Fsp3) is 0.250. The van der Waals surface area contributed by atoms with Crippen molar-refractivity contribution in [3.63, 3.8) is 0 Å². The molecule has 0 radical (unpaired) electrons. The maximum absolute atomic E-state index is 13.3. The number of hydrogen-bond acceptors (Lipinski definition) is 3. The third-order valence-corrected chi connectivity index (χ3v) is 2.58. The highest BCUT2D eigenvalue weighted by Crippen LogP contribution is 2.30. The highest BCUT2D eigenvalue weighted by Gasteiger charge is 2.12. The first-order valence-electron chi connectivity index (χ1n) is 5.22. The molecule has 1 aromatic heterocycles. The molecule has 2 rings (SSSR count). The van der Waals surface area contributed by atoms with E-state index in [4.69, 9.17) is 10.5 Å². The van der Waals surface area contributed by atoms with Crippen LogP contribution in [0.2, 0.25) is 0 Å². The number of aromatic nitrogens is 2. The number of halogens is 1. The first-order valence-corrected chi connectivity index (χ1v) is 5.22. The summed E-state index contributed by atoms with van der Waals surface area (Å²) in [6.45, 7) is 0.353. The normalized spacial score (nSPS) is 10.6. The lowest BCUT2D eigenvalue weighted by molar-refractivity contribution is 0.415. The van der Waals surface area contributed by atoms with Crippen LogP contribution in [0, 0.1) is 5.82 Å². The summed E-state index contributed by atoms with van der Waals surface area (Å²) in [6.07, 6.45) is 0. The minimum absolute atomic E-state index is 0.309. The predicted molar refractivity (Wildman–Crippen MR) is 63.0 cm³/mol. The highest BCUT2D eigenvalue weighted by atomic mass is 19.1.